The molecule has 0 aromatic rings. The van der Waals surface area contributed by atoms with Gasteiger partial charge in [-0.15, -0.1) is 0 Å². The quantitative estimate of drug-likeness (QED) is 0.533. The van der Waals surface area contributed by atoms with E-state index in [1.165, 1.54) is 27.7 Å². The summed E-state index contributed by atoms with van der Waals surface area (Å²) in [4.78, 5) is 45.3. The summed E-state index contributed by atoms with van der Waals surface area (Å²) in [5, 5.41) is 2.64. The highest BCUT2D eigenvalue weighted by Gasteiger charge is 2.49. The molecule has 1 amide bonds. The summed E-state index contributed by atoms with van der Waals surface area (Å²) in [6.45, 7) is 6.43. The highest BCUT2D eigenvalue weighted by Crippen LogP contribution is 2.26. The second-order valence-corrected chi connectivity index (χ2v) is 5.56. The van der Waals surface area contributed by atoms with Crippen molar-refractivity contribution in [3.05, 3.63) is 0 Å². The van der Waals surface area contributed by atoms with Gasteiger partial charge in [0.1, 0.15) is 12.7 Å². The fraction of sp³-hybridized carbons (Fsp3) is 0.733. The van der Waals surface area contributed by atoms with Crippen molar-refractivity contribution in [2.24, 2.45) is 0 Å². The molecule has 24 heavy (non-hydrogen) atoms. The lowest BCUT2D eigenvalue weighted by atomic mass is 9.92. The number of nitrogens with one attached hydrogen (secondary N) is 1. The zero-order valence-electron chi connectivity index (χ0n) is 14.4. The molecule has 9 nitrogen and oxygen atoms in total. The number of rotatable bonds is 5. The number of hydrogen-bond acceptors (Lipinski definition) is 8. The van der Waals surface area contributed by atoms with Crippen molar-refractivity contribution in [3.63, 3.8) is 0 Å². The number of amides is 1. The van der Waals surface area contributed by atoms with Gasteiger partial charge in [0.2, 0.25) is 5.91 Å². The van der Waals surface area contributed by atoms with Crippen LogP contribution in [0.2, 0.25) is 0 Å². The number of hydrogen-bond donors (Lipinski definition) is 1. The molecule has 0 saturated carbocycles. The molecule has 0 bridgehead atoms. The van der Waals surface area contributed by atoms with Gasteiger partial charge in [0.05, 0.1) is 12.1 Å². The van der Waals surface area contributed by atoms with Crippen LogP contribution in [0.3, 0.4) is 0 Å². The van der Waals surface area contributed by atoms with Crippen molar-refractivity contribution in [1.29, 1.82) is 0 Å². The molecule has 1 heterocycles. The van der Waals surface area contributed by atoms with E-state index >= 15 is 0 Å². The molecular weight excluding hydrogens is 322 g/mol. The van der Waals surface area contributed by atoms with Crippen LogP contribution >= 0.6 is 0 Å². The summed E-state index contributed by atoms with van der Waals surface area (Å²) in [6, 6.07) is -0.718. The minimum Gasteiger partial charge on any atom is -0.463 e. The van der Waals surface area contributed by atoms with Crippen LogP contribution in [0.1, 0.15) is 34.6 Å². The van der Waals surface area contributed by atoms with Crippen molar-refractivity contribution in [3.8, 4) is 0 Å². The summed E-state index contributed by atoms with van der Waals surface area (Å²) < 4.78 is 21.1. The van der Waals surface area contributed by atoms with E-state index in [9.17, 15) is 19.2 Å². The Morgan fingerprint density at radius 1 is 0.917 bits per heavy atom. The average Bonchev–Trinajstić information content (AvgIpc) is 2.42. The second-order valence-electron chi connectivity index (χ2n) is 5.56. The lowest BCUT2D eigenvalue weighted by Gasteiger charge is -2.44. The largest absolute Gasteiger partial charge is 0.463 e. The third-order valence-corrected chi connectivity index (χ3v) is 3.36. The molecule has 1 rings (SSSR count). The molecule has 1 fully saturated rings. The van der Waals surface area contributed by atoms with Crippen molar-refractivity contribution >= 4 is 23.8 Å². The zero-order chi connectivity index (χ0) is 18.4. The molecule has 0 aromatic carbocycles. The van der Waals surface area contributed by atoms with Gasteiger partial charge >= 0.3 is 17.9 Å². The Labute approximate surface area is 139 Å². The lowest BCUT2D eigenvalue weighted by molar-refractivity contribution is -0.221. The highest BCUT2D eigenvalue weighted by atomic mass is 16.6. The van der Waals surface area contributed by atoms with Gasteiger partial charge in [0, 0.05) is 27.7 Å². The molecule has 1 unspecified atom stereocenters. The van der Waals surface area contributed by atoms with Crippen LogP contribution in [-0.4, -0.2) is 60.9 Å². The molecule has 0 aromatic heterocycles. The maximum atomic E-state index is 11.5. The Morgan fingerprint density at radius 2 is 1.46 bits per heavy atom. The molecule has 1 aliphatic heterocycles. The highest BCUT2D eigenvalue weighted by molar-refractivity contribution is 5.73. The van der Waals surface area contributed by atoms with Gasteiger partial charge in [-0.25, -0.2) is 0 Å². The molecule has 136 valence electrons. The molecule has 0 radical (unpaired) electrons. The van der Waals surface area contributed by atoms with Gasteiger partial charge in [-0.2, -0.15) is 0 Å². The summed E-state index contributed by atoms with van der Waals surface area (Å²) >= 11 is 0. The third-order valence-electron chi connectivity index (χ3n) is 3.36. The fourth-order valence-electron chi connectivity index (χ4n) is 2.56. The van der Waals surface area contributed by atoms with Gasteiger partial charge in [-0.05, 0) is 6.92 Å². The SMILES string of the molecule is CC(=O)N[C@H]1C(C)O[C@H](COC(C)=O)[C@H](OC(C)=O)[C@@H]1OC(C)=O. The Kier molecular flexibility index (Phi) is 7.15. The fourth-order valence-corrected chi connectivity index (χ4v) is 2.56. The second kappa shape index (κ2) is 8.62. The first kappa shape index (κ1) is 19.9. The molecule has 5 atom stereocenters. The molecule has 1 N–H and O–H groups in total. The van der Waals surface area contributed by atoms with E-state index in [-0.39, 0.29) is 12.5 Å². The number of ether oxygens (including phenoxy) is 4. The molecule has 1 saturated heterocycles. The van der Waals surface area contributed by atoms with Gasteiger partial charge in [0.25, 0.3) is 0 Å². The Hall–Kier alpha value is -2.16. The Balaban J connectivity index is 3.11. The number of carbonyl (C=O) groups excluding carboxylic acids is 4. The average molecular weight is 345 g/mol. The summed E-state index contributed by atoms with van der Waals surface area (Å²) in [7, 11) is 0. The van der Waals surface area contributed by atoms with Crippen molar-refractivity contribution in [2.45, 2.75) is 65.1 Å². The minimum absolute atomic E-state index is 0.178. The molecular formula is C15H23NO8. The lowest BCUT2D eigenvalue weighted by Crippen LogP contribution is -2.65. The van der Waals surface area contributed by atoms with Crippen molar-refractivity contribution in [2.75, 3.05) is 6.61 Å². The van der Waals surface area contributed by atoms with Crippen LogP contribution in [0.15, 0.2) is 0 Å². The van der Waals surface area contributed by atoms with Gasteiger partial charge in [-0.3, -0.25) is 19.2 Å². The maximum absolute atomic E-state index is 11.5. The first-order chi connectivity index (χ1) is 11.1. The molecule has 1 aliphatic rings. The standard InChI is InChI=1S/C15H23NO8/c1-7-13(16-8(2)17)15(24-11(5)20)14(23-10(4)19)12(22-7)6-21-9(3)18/h7,12-15H,6H2,1-5H3,(H,16,17)/t7?,12-,13+,14+,15-/m1/s1. The molecule has 0 aliphatic carbocycles. The zero-order valence-corrected chi connectivity index (χ0v) is 14.4. The monoisotopic (exact) mass is 345 g/mol. The van der Waals surface area contributed by atoms with Crippen LogP contribution in [0, 0.1) is 0 Å². The number of carbonyl (C=O) groups is 4. The van der Waals surface area contributed by atoms with Crippen LogP contribution < -0.4 is 5.32 Å². The van der Waals surface area contributed by atoms with Crippen molar-refractivity contribution < 1.29 is 38.1 Å². The molecule has 9 heteroatoms. The van der Waals surface area contributed by atoms with Crippen LogP contribution in [0.4, 0.5) is 0 Å². The summed E-state index contributed by atoms with van der Waals surface area (Å²) in [5.74, 6) is -2.11. The van der Waals surface area contributed by atoms with Crippen LogP contribution in [-0.2, 0) is 38.1 Å². The van der Waals surface area contributed by atoms with Gasteiger partial charge in [0.15, 0.2) is 12.2 Å². The number of esters is 3. The van der Waals surface area contributed by atoms with E-state index in [4.69, 9.17) is 18.9 Å². The van der Waals surface area contributed by atoms with E-state index in [2.05, 4.69) is 5.32 Å². The van der Waals surface area contributed by atoms with Crippen LogP contribution in [0.25, 0.3) is 0 Å². The van der Waals surface area contributed by atoms with E-state index in [0.29, 0.717) is 0 Å². The van der Waals surface area contributed by atoms with E-state index < -0.39 is 48.4 Å². The predicted octanol–water partition coefficient (Wildman–Crippen LogP) is -0.295. The Bertz CT molecular complexity index is 506. The van der Waals surface area contributed by atoms with E-state index in [1.807, 2.05) is 0 Å². The van der Waals surface area contributed by atoms with Crippen molar-refractivity contribution in [1.82, 2.24) is 5.32 Å². The smallest absolute Gasteiger partial charge is 0.303 e. The molecule has 0 spiro atoms. The van der Waals surface area contributed by atoms with Gasteiger partial charge < -0.3 is 24.3 Å². The first-order valence-electron chi connectivity index (χ1n) is 7.52. The first-order valence-corrected chi connectivity index (χ1v) is 7.52. The van der Waals surface area contributed by atoms with E-state index in [1.54, 1.807) is 6.92 Å². The third kappa shape index (κ3) is 5.80. The minimum atomic E-state index is -1.03. The summed E-state index contributed by atoms with van der Waals surface area (Å²) in [5.41, 5.74) is 0. The van der Waals surface area contributed by atoms with Crippen LogP contribution in [0.5, 0.6) is 0 Å². The van der Waals surface area contributed by atoms with Gasteiger partial charge in [-0.1, -0.05) is 0 Å². The predicted molar refractivity (Wildman–Crippen MR) is 79.7 cm³/mol. The van der Waals surface area contributed by atoms with E-state index in [0.717, 1.165) is 0 Å². The topological polar surface area (TPSA) is 117 Å². The maximum Gasteiger partial charge on any atom is 0.303 e. The normalized spacial score (nSPS) is 29.3. The summed E-state index contributed by atoms with van der Waals surface area (Å²) in [6.07, 6.45) is -3.40. The Morgan fingerprint density at radius 3 is 1.92 bits per heavy atom.